The Bertz CT molecular complexity index is 815. The lowest BCUT2D eigenvalue weighted by Crippen LogP contribution is -2.38. The summed E-state index contributed by atoms with van der Waals surface area (Å²) >= 11 is 1.63. The highest BCUT2D eigenvalue weighted by atomic mass is 127. The number of ether oxygens (including phenoxy) is 3. The van der Waals surface area contributed by atoms with E-state index in [4.69, 9.17) is 19.2 Å². The summed E-state index contributed by atoms with van der Waals surface area (Å²) in [6.45, 7) is 6.58. The molecule has 0 fully saturated rings. The van der Waals surface area contributed by atoms with Crippen LogP contribution in [-0.2, 0) is 17.7 Å². The molecule has 0 saturated heterocycles. The van der Waals surface area contributed by atoms with Crippen LogP contribution in [0.2, 0.25) is 0 Å². The molecule has 7 nitrogen and oxygen atoms in total. The van der Waals surface area contributed by atoms with E-state index in [1.54, 1.807) is 18.4 Å². The van der Waals surface area contributed by atoms with E-state index in [0.717, 1.165) is 41.1 Å². The average molecular weight is 532 g/mol. The molecule has 1 atom stereocenters. The van der Waals surface area contributed by atoms with Crippen LogP contribution < -0.4 is 14.8 Å². The van der Waals surface area contributed by atoms with Gasteiger partial charge < -0.3 is 24.4 Å². The summed E-state index contributed by atoms with van der Waals surface area (Å²) in [5, 5.41) is 6.43. The molecular weight excluding hydrogens is 503 g/mol. The number of guanidine groups is 1. The van der Waals surface area contributed by atoms with Gasteiger partial charge in [-0.05, 0) is 38.0 Å². The number of nitrogens with one attached hydrogen (secondary N) is 1. The second-order valence-corrected chi connectivity index (χ2v) is 7.47. The second-order valence-electron chi connectivity index (χ2n) is 6.58. The summed E-state index contributed by atoms with van der Waals surface area (Å²) in [5.41, 5.74) is 2.21. The van der Waals surface area contributed by atoms with E-state index in [9.17, 15) is 0 Å². The van der Waals surface area contributed by atoms with Gasteiger partial charge in [-0.2, -0.15) is 0 Å². The summed E-state index contributed by atoms with van der Waals surface area (Å²) in [6.07, 6.45) is 0.860. The van der Waals surface area contributed by atoms with Crippen LogP contribution in [0.5, 0.6) is 11.5 Å². The van der Waals surface area contributed by atoms with Crippen molar-refractivity contribution in [2.45, 2.75) is 32.9 Å². The van der Waals surface area contributed by atoms with Crippen LogP contribution >= 0.6 is 35.3 Å². The maximum absolute atomic E-state index is 5.44. The van der Waals surface area contributed by atoms with Crippen molar-refractivity contribution in [2.24, 2.45) is 4.99 Å². The fourth-order valence-electron chi connectivity index (χ4n) is 2.86. The molecule has 2 heterocycles. The van der Waals surface area contributed by atoms with E-state index >= 15 is 0 Å². The fraction of sp³-hybridized carbons (Fsp3) is 0.500. The summed E-state index contributed by atoms with van der Waals surface area (Å²) in [5.74, 6) is 2.50. The highest BCUT2D eigenvalue weighted by molar-refractivity contribution is 14.0. The lowest BCUT2D eigenvalue weighted by atomic mass is 10.1. The first-order chi connectivity index (χ1) is 13.6. The van der Waals surface area contributed by atoms with E-state index < -0.39 is 0 Å². The molecule has 1 unspecified atom stereocenters. The highest BCUT2D eigenvalue weighted by Crippen LogP contribution is 2.32. The minimum Gasteiger partial charge on any atom is -0.454 e. The third kappa shape index (κ3) is 6.45. The number of hydrogen-bond donors (Lipinski definition) is 1. The molecule has 9 heteroatoms. The molecule has 0 bridgehead atoms. The second kappa shape index (κ2) is 11.6. The highest BCUT2D eigenvalue weighted by Gasteiger charge is 2.14. The number of benzene rings is 1. The molecule has 0 amide bonds. The number of thiazole rings is 1. The van der Waals surface area contributed by atoms with Crippen molar-refractivity contribution < 1.29 is 14.2 Å². The van der Waals surface area contributed by atoms with Crippen LogP contribution in [0.3, 0.4) is 0 Å². The first-order valence-electron chi connectivity index (χ1n) is 9.45. The van der Waals surface area contributed by atoms with E-state index in [2.05, 4.69) is 33.6 Å². The van der Waals surface area contributed by atoms with Crippen molar-refractivity contribution in [3.63, 3.8) is 0 Å². The SMILES string of the molecule is CCNC(=NCCc1ccc2c(c1)OCO2)N(C)Cc1csc(C(C)OC)n1.I. The molecule has 29 heavy (non-hydrogen) atoms. The Kier molecular flexibility index (Phi) is 9.44. The number of aromatic nitrogens is 1. The topological polar surface area (TPSA) is 68.2 Å². The zero-order chi connectivity index (χ0) is 19.9. The monoisotopic (exact) mass is 532 g/mol. The van der Waals surface area contributed by atoms with Crippen molar-refractivity contribution in [2.75, 3.05) is 34.0 Å². The Balaban J connectivity index is 0.00000300. The summed E-state index contributed by atoms with van der Waals surface area (Å²) in [4.78, 5) is 11.5. The average Bonchev–Trinajstić information content (AvgIpc) is 3.35. The lowest BCUT2D eigenvalue weighted by Gasteiger charge is -2.21. The van der Waals surface area contributed by atoms with Crippen molar-refractivity contribution >= 4 is 41.3 Å². The van der Waals surface area contributed by atoms with Gasteiger partial charge in [-0.1, -0.05) is 6.07 Å². The molecule has 160 valence electrons. The van der Waals surface area contributed by atoms with Crippen LogP contribution in [0.15, 0.2) is 28.6 Å². The number of hydrogen-bond acceptors (Lipinski definition) is 6. The van der Waals surface area contributed by atoms with Gasteiger partial charge in [0.25, 0.3) is 0 Å². The van der Waals surface area contributed by atoms with Crippen LogP contribution in [0.25, 0.3) is 0 Å². The maximum Gasteiger partial charge on any atom is 0.231 e. The van der Waals surface area contributed by atoms with Gasteiger partial charge in [0.15, 0.2) is 17.5 Å². The molecule has 0 spiro atoms. The van der Waals surface area contributed by atoms with Crippen LogP contribution in [0.4, 0.5) is 0 Å². The van der Waals surface area contributed by atoms with E-state index in [-0.39, 0.29) is 30.1 Å². The fourth-order valence-corrected chi connectivity index (χ4v) is 3.70. The van der Waals surface area contributed by atoms with Gasteiger partial charge in [0.2, 0.25) is 6.79 Å². The molecule has 1 aromatic heterocycles. The molecule has 0 aliphatic carbocycles. The van der Waals surface area contributed by atoms with Crippen molar-refractivity contribution in [3.05, 3.63) is 39.8 Å². The quantitative estimate of drug-likeness (QED) is 0.317. The van der Waals surface area contributed by atoms with Crippen molar-refractivity contribution in [1.29, 1.82) is 0 Å². The number of rotatable bonds is 8. The van der Waals surface area contributed by atoms with Crippen LogP contribution in [0.1, 0.15) is 36.2 Å². The standard InChI is InChI=1S/C20H28N4O3S.HI/c1-5-21-20(24(3)11-16-12-28-19(23-16)14(2)25-4)22-9-8-15-6-7-17-18(10-15)27-13-26-17;/h6-7,10,12,14H,5,8-9,11,13H2,1-4H3,(H,21,22);1H. The molecule has 0 radical (unpaired) electrons. The summed E-state index contributed by atoms with van der Waals surface area (Å²) < 4.78 is 16.1. The predicted molar refractivity (Wildman–Crippen MR) is 127 cm³/mol. The van der Waals surface area contributed by atoms with Gasteiger partial charge >= 0.3 is 0 Å². The van der Waals surface area contributed by atoms with Crippen LogP contribution in [-0.4, -0.2) is 49.9 Å². The largest absolute Gasteiger partial charge is 0.454 e. The number of aliphatic imine (C=N–C) groups is 1. The Morgan fingerprint density at radius 3 is 2.93 bits per heavy atom. The van der Waals surface area contributed by atoms with Crippen LogP contribution in [0, 0.1) is 0 Å². The van der Waals surface area contributed by atoms with E-state index in [1.165, 1.54) is 5.56 Å². The Labute approximate surface area is 193 Å². The molecule has 1 aromatic carbocycles. The smallest absolute Gasteiger partial charge is 0.231 e. The molecular formula is C20H29IN4O3S. The zero-order valence-electron chi connectivity index (χ0n) is 17.3. The number of halogens is 1. The molecule has 1 aliphatic heterocycles. The normalized spacial score (nSPS) is 13.7. The molecule has 0 saturated carbocycles. The molecule has 1 N–H and O–H groups in total. The Hall–Kier alpha value is -1.59. The van der Waals surface area contributed by atoms with Gasteiger partial charge in [0, 0.05) is 32.6 Å². The summed E-state index contributed by atoms with van der Waals surface area (Å²) in [7, 11) is 3.73. The Morgan fingerprint density at radius 2 is 2.17 bits per heavy atom. The molecule has 3 rings (SSSR count). The minimum absolute atomic E-state index is 0. The van der Waals surface area contributed by atoms with E-state index in [1.807, 2.05) is 26.1 Å². The van der Waals surface area contributed by atoms with Crippen molar-refractivity contribution in [1.82, 2.24) is 15.2 Å². The van der Waals surface area contributed by atoms with Gasteiger partial charge in [-0.15, -0.1) is 35.3 Å². The predicted octanol–water partition coefficient (Wildman–Crippen LogP) is 3.84. The molecule has 1 aliphatic rings. The first-order valence-corrected chi connectivity index (χ1v) is 10.3. The summed E-state index contributed by atoms with van der Waals surface area (Å²) in [6, 6.07) is 6.05. The van der Waals surface area contributed by atoms with Gasteiger partial charge in [0.1, 0.15) is 11.1 Å². The third-order valence-electron chi connectivity index (χ3n) is 4.47. The Morgan fingerprint density at radius 1 is 1.38 bits per heavy atom. The number of fused-ring (bicyclic) bond motifs is 1. The minimum atomic E-state index is 0. The molecule has 2 aromatic rings. The lowest BCUT2D eigenvalue weighted by molar-refractivity contribution is 0.119. The number of methoxy groups -OCH3 is 1. The van der Waals surface area contributed by atoms with E-state index in [0.29, 0.717) is 19.9 Å². The van der Waals surface area contributed by atoms with Crippen molar-refractivity contribution in [3.8, 4) is 11.5 Å². The third-order valence-corrected chi connectivity index (χ3v) is 5.52. The van der Waals surface area contributed by atoms with Gasteiger partial charge in [-0.25, -0.2) is 4.98 Å². The van der Waals surface area contributed by atoms with Gasteiger partial charge in [0.05, 0.1) is 12.2 Å². The van der Waals surface area contributed by atoms with Gasteiger partial charge in [-0.3, -0.25) is 4.99 Å². The first kappa shape index (κ1) is 23.7. The number of nitrogens with zero attached hydrogens (tertiary/aromatic N) is 3. The zero-order valence-corrected chi connectivity index (χ0v) is 20.5. The maximum atomic E-state index is 5.44.